The molecule has 1 atom stereocenters. The molecule has 2 aliphatic heterocycles. The number of nitrogens with one attached hydrogen (secondary N) is 1. The van der Waals surface area contributed by atoms with Crippen LogP contribution in [0, 0.1) is 5.92 Å². The van der Waals surface area contributed by atoms with Gasteiger partial charge in [0.2, 0.25) is 5.91 Å². The second kappa shape index (κ2) is 11.9. The van der Waals surface area contributed by atoms with Crippen molar-refractivity contribution >= 4 is 17.7 Å². The Morgan fingerprint density at radius 3 is 1.97 bits per heavy atom. The number of carbonyl (C=O) groups is 3. The molecule has 2 saturated heterocycles. The van der Waals surface area contributed by atoms with E-state index < -0.39 is 17.8 Å². The second-order valence-electron chi connectivity index (χ2n) is 9.77. The first kappa shape index (κ1) is 27.5. The van der Waals surface area contributed by atoms with E-state index in [0.29, 0.717) is 50.3 Å². The highest BCUT2D eigenvalue weighted by Crippen LogP contribution is 2.30. The Labute approximate surface area is 219 Å². The zero-order valence-corrected chi connectivity index (χ0v) is 21.3. The van der Waals surface area contributed by atoms with Gasteiger partial charge in [0.25, 0.3) is 11.8 Å². The Balaban J connectivity index is 1.44. The Morgan fingerprint density at radius 1 is 0.842 bits per heavy atom. The zero-order valence-electron chi connectivity index (χ0n) is 21.3. The van der Waals surface area contributed by atoms with Crippen molar-refractivity contribution in [3.8, 4) is 5.75 Å². The molecule has 0 saturated carbocycles. The van der Waals surface area contributed by atoms with Gasteiger partial charge in [-0.05, 0) is 86.6 Å². The molecular formula is C28H32F3N3O4. The fraction of sp³-hybridized carbons (Fsp3) is 0.464. The largest absolute Gasteiger partial charge is 0.497 e. The molecule has 0 bridgehead atoms. The number of likely N-dealkylation sites (tertiary alicyclic amines) is 2. The number of rotatable bonds is 6. The minimum atomic E-state index is -4.47. The van der Waals surface area contributed by atoms with E-state index in [-0.39, 0.29) is 29.2 Å². The molecule has 1 unspecified atom stereocenters. The number of carbonyl (C=O) groups excluding carboxylic acids is 3. The van der Waals surface area contributed by atoms with Crippen LogP contribution in [0.2, 0.25) is 0 Å². The summed E-state index contributed by atoms with van der Waals surface area (Å²) in [6, 6.07) is 10.1. The molecule has 2 aliphatic rings. The first-order valence-electron chi connectivity index (χ1n) is 12.9. The predicted molar refractivity (Wildman–Crippen MR) is 135 cm³/mol. The number of amides is 3. The van der Waals surface area contributed by atoms with Crippen LogP contribution in [0.1, 0.15) is 58.4 Å². The van der Waals surface area contributed by atoms with Gasteiger partial charge in [-0.3, -0.25) is 14.4 Å². The average molecular weight is 532 g/mol. The normalized spacial score (nSPS) is 17.6. The van der Waals surface area contributed by atoms with Gasteiger partial charge in [0, 0.05) is 37.3 Å². The molecule has 7 nitrogen and oxygen atoms in total. The van der Waals surface area contributed by atoms with E-state index in [9.17, 15) is 27.6 Å². The van der Waals surface area contributed by atoms with Gasteiger partial charge in [-0.15, -0.1) is 0 Å². The molecule has 1 N–H and O–H groups in total. The molecule has 4 rings (SSSR count). The predicted octanol–water partition coefficient (Wildman–Crippen LogP) is 4.38. The summed E-state index contributed by atoms with van der Waals surface area (Å²) in [6.07, 6.45) is -0.585. The fourth-order valence-electron chi connectivity index (χ4n) is 5.08. The molecule has 2 aromatic carbocycles. The first-order valence-corrected chi connectivity index (χ1v) is 12.9. The number of hydrogen-bond acceptors (Lipinski definition) is 4. The molecule has 2 heterocycles. The smallest absolute Gasteiger partial charge is 0.416 e. The summed E-state index contributed by atoms with van der Waals surface area (Å²) in [4.78, 5) is 42.9. The Hall–Kier alpha value is -3.56. The van der Waals surface area contributed by atoms with E-state index in [1.54, 1.807) is 29.2 Å². The molecule has 0 radical (unpaired) electrons. The van der Waals surface area contributed by atoms with Crippen molar-refractivity contribution < 1.29 is 32.3 Å². The fourth-order valence-corrected chi connectivity index (χ4v) is 5.08. The summed E-state index contributed by atoms with van der Waals surface area (Å²) in [7, 11) is 1.54. The number of benzene rings is 2. The maximum atomic E-state index is 13.5. The van der Waals surface area contributed by atoms with Gasteiger partial charge >= 0.3 is 6.18 Å². The van der Waals surface area contributed by atoms with Gasteiger partial charge in [-0.2, -0.15) is 13.2 Å². The summed E-state index contributed by atoms with van der Waals surface area (Å²) in [5, 5.41) is 2.95. The minimum Gasteiger partial charge on any atom is -0.497 e. The van der Waals surface area contributed by atoms with E-state index in [4.69, 9.17) is 4.74 Å². The van der Waals surface area contributed by atoms with Crippen LogP contribution in [0.25, 0.3) is 0 Å². The molecule has 0 aromatic heterocycles. The van der Waals surface area contributed by atoms with E-state index in [1.807, 2.05) is 4.90 Å². The lowest BCUT2D eigenvalue weighted by Crippen LogP contribution is -2.55. The van der Waals surface area contributed by atoms with Gasteiger partial charge < -0.3 is 19.9 Å². The monoisotopic (exact) mass is 531 g/mol. The van der Waals surface area contributed by atoms with Crippen LogP contribution in [-0.4, -0.2) is 66.9 Å². The SMILES string of the molecule is COc1ccc(C(=O)NC(C(=O)N2CCCCC2)C2CCN(C(=O)c3ccc(C(F)(F)F)cc3)CC2)cc1. The van der Waals surface area contributed by atoms with Crippen molar-refractivity contribution in [1.29, 1.82) is 0 Å². The standard InChI is InChI=1S/C28H32F3N3O4/c1-38-23-11-7-20(8-12-23)25(35)32-24(27(37)33-15-3-2-4-16-33)19-13-17-34(18-14-19)26(36)21-5-9-22(10-6-21)28(29,30)31/h5-12,19,24H,2-4,13-18H2,1H3,(H,32,35). The highest BCUT2D eigenvalue weighted by molar-refractivity contribution is 5.98. The lowest BCUT2D eigenvalue weighted by molar-refractivity contribution is -0.137. The quantitative estimate of drug-likeness (QED) is 0.600. The topological polar surface area (TPSA) is 79.0 Å². The lowest BCUT2D eigenvalue weighted by atomic mass is 9.87. The molecule has 0 spiro atoms. The number of methoxy groups -OCH3 is 1. The van der Waals surface area contributed by atoms with Crippen LogP contribution < -0.4 is 10.1 Å². The molecule has 38 heavy (non-hydrogen) atoms. The van der Waals surface area contributed by atoms with Gasteiger partial charge in [0.1, 0.15) is 11.8 Å². The summed E-state index contributed by atoms with van der Waals surface area (Å²) in [5.74, 6) is -0.375. The molecule has 3 amide bonds. The third-order valence-corrected chi connectivity index (χ3v) is 7.33. The van der Waals surface area contributed by atoms with Gasteiger partial charge in [0.05, 0.1) is 12.7 Å². The van der Waals surface area contributed by atoms with Crippen LogP contribution >= 0.6 is 0 Å². The van der Waals surface area contributed by atoms with Crippen molar-refractivity contribution in [2.24, 2.45) is 5.92 Å². The van der Waals surface area contributed by atoms with Crippen LogP contribution in [-0.2, 0) is 11.0 Å². The number of ether oxygens (including phenoxy) is 1. The van der Waals surface area contributed by atoms with Crippen molar-refractivity contribution in [1.82, 2.24) is 15.1 Å². The molecule has 0 aliphatic carbocycles. The summed E-state index contributed by atoms with van der Waals surface area (Å²) >= 11 is 0. The van der Waals surface area contributed by atoms with Crippen LogP contribution in [0.3, 0.4) is 0 Å². The van der Waals surface area contributed by atoms with Crippen molar-refractivity contribution in [2.45, 2.75) is 44.3 Å². The number of hydrogen-bond donors (Lipinski definition) is 1. The van der Waals surface area contributed by atoms with Crippen LogP contribution in [0.5, 0.6) is 5.75 Å². The van der Waals surface area contributed by atoms with Gasteiger partial charge in [-0.1, -0.05) is 0 Å². The molecule has 2 fully saturated rings. The van der Waals surface area contributed by atoms with Gasteiger partial charge in [0.15, 0.2) is 0 Å². The van der Waals surface area contributed by atoms with Crippen molar-refractivity contribution in [3.63, 3.8) is 0 Å². The van der Waals surface area contributed by atoms with E-state index in [1.165, 1.54) is 19.2 Å². The van der Waals surface area contributed by atoms with Crippen LogP contribution in [0.4, 0.5) is 13.2 Å². The van der Waals surface area contributed by atoms with E-state index in [2.05, 4.69) is 5.32 Å². The first-order chi connectivity index (χ1) is 18.2. The Bertz CT molecular complexity index is 1120. The van der Waals surface area contributed by atoms with E-state index in [0.717, 1.165) is 31.4 Å². The van der Waals surface area contributed by atoms with E-state index >= 15 is 0 Å². The van der Waals surface area contributed by atoms with Gasteiger partial charge in [-0.25, -0.2) is 0 Å². The highest BCUT2D eigenvalue weighted by atomic mass is 19.4. The summed E-state index contributed by atoms with van der Waals surface area (Å²) < 4.78 is 43.7. The maximum Gasteiger partial charge on any atom is 0.416 e. The van der Waals surface area contributed by atoms with Crippen molar-refractivity contribution in [2.75, 3.05) is 33.3 Å². The maximum absolute atomic E-state index is 13.5. The summed E-state index contributed by atoms with van der Waals surface area (Å²) in [6.45, 7) is 1.98. The Kier molecular flexibility index (Phi) is 8.58. The number of alkyl halides is 3. The third kappa shape index (κ3) is 6.46. The summed E-state index contributed by atoms with van der Waals surface area (Å²) in [5.41, 5.74) is -0.207. The highest BCUT2D eigenvalue weighted by Gasteiger charge is 2.37. The number of piperidine rings is 2. The van der Waals surface area contributed by atoms with Crippen molar-refractivity contribution in [3.05, 3.63) is 65.2 Å². The molecule has 2 aromatic rings. The third-order valence-electron chi connectivity index (χ3n) is 7.33. The Morgan fingerprint density at radius 2 is 1.42 bits per heavy atom. The number of nitrogens with zero attached hydrogens (tertiary/aromatic N) is 2. The average Bonchev–Trinajstić information content (AvgIpc) is 2.95. The zero-order chi connectivity index (χ0) is 27.3. The molecule has 204 valence electrons. The lowest BCUT2D eigenvalue weighted by Gasteiger charge is -2.38. The minimum absolute atomic E-state index is 0.112. The van der Waals surface area contributed by atoms with Crippen LogP contribution in [0.15, 0.2) is 48.5 Å². The molecule has 10 heteroatoms. The second-order valence-corrected chi connectivity index (χ2v) is 9.77. The molecular weight excluding hydrogens is 499 g/mol. The number of halogens is 3.